The van der Waals surface area contributed by atoms with Gasteiger partial charge < -0.3 is 0 Å². The van der Waals surface area contributed by atoms with E-state index in [0.717, 1.165) is 0 Å². The van der Waals surface area contributed by atoms with Crippen molar-refractivity contribution in [3.63, 3.8) is 0 Å². The molecule has 0 unspecified atom stereocenters. The molecule has 0 aliphatic carbocycles. The quantitative estimate of drug-likeness (QED) is 0.567. The van der Waals surface area contributed by atoms with Crippen LogP contribution in [0.4, 0.5) is 0 Å². The van der Waals surface area contributed by atoms with Crippen molar-refractivity contribution in [3.8, 4) is 11.4 Å². The molecule has 0 aliphatic rings. The molecule has 2 nitrogen and oxygen atoms in total. The monoisotopic (exact) mass is 229 g/mol. The average Bonchev–Trinajstić information content (AvgIpc) is 2.86. The van der Waals surface area contributed by atoms with Gasteiger partial charge in [-0.25, -0.2) is 9.13 Å². The fraction of sp³-hybridized carbons (Fsp3) is 0.154. The Kier molecular flexibility index (Phi) is 2.07. The fourth-order valence-electron chi connectivity index (χ4n) is 2.21. The van der Waals surface area contributed by atoms with Crippen LogP contribution in [0.1, 0.15) is 0 Å². The van der Waals surface area contributed by atoms with Crippen LogP contribution in [0, 0.1) is 0 Å². The standard InChI is InChI=1S/C13H13N2S/c1-14-11-8-9-16-13(11)15(2)12(14)10-6-4-3-5-7-10/h3-9H,1-2H3/q+1. The second-order valence-corrected chi connectivity index (χ2v) is 4.81. The summed E-state index contributed by atoms with van der Waals surface area (Å²) in [4.78, 5) is 1.32. The van der Waals surface area contributed by atoms with Crippen molar-refractivity contribution in [1.82, 2.24) is 4.57 Å². The van der Waals surface area contributed by atoms with Crippen LogP contribution >= 0.6 is 11.3 Å². The summed E-state index contributed by atoms with van der Waals surface area (Å²) in [6.07, 6.45) is 0. The normalized spacial score (nSPS) is 11.1. The number of fused-ring (bicyclic) bond motifs is 1. The summed E-state index contributed by atoms with van der Waals surface area (Å²) >= 11 is 1.79. The lowest BCUT2D eigenvalue weighted by molar-refractivity contribution is -0.632. The minimum atomic E-state index is 1.25. The van der Waals surface area contributed by atoms with Gasteiger partial charge in [0, 0.05) is 6.07 Å². The molecule has 1 aromatic carbocycles. The highest BCUT2D eigenvalue weighted by atomic mass is 32.1. The van der Waals surface area contributed by atoms with Crippen molar-refractivity contribution in [1.29, 1.82) is 0 Å². The maximum absolute atomic E-state index is 2.26. The summed E-state index contributed by atoms with van der Waals surface area (Å²) < 4.78 is 4.51. The number of imidazole rings is 1. The molecule has 80 valence electrons. The zero-order valence-electron chi connectivity index (χ0n) is 9.34. The first-order valence-electron chi connectivity index (χ1n) is 5.26. The van der Waals surface area contributed by atoms with Gasteiger partial charge in [0.15, 0.2) is 5.52 Å². The van der Waals surface area contributed by atoms with Crippen molar-refractivity contribution >= 4 is 21.7 Å². The van der Waals surface area contributed by atoms with Gasteiger partial charge in [-0.05, 0) is 17.5 Å². The van der Waals surface area contributed by atoms with E-state index in [4.69, 9.17) is 0 Å². The first kappa shape index (κ1) is 9.60. The van der Waals surface area contributed by atoms with Crippen LogP contribution in [-0.4, -0.2) is 4.57 Å². The number of hydrogen-bond acceptors (Lipinski definition) is 1. The molecule has 0 spiro atoms. The van der Waals surface area contributed by atoms with Crippen LogP contribution in [0.25, 0.3) is 21.7 Å². The van der Waals surface area contributed by atoms with Gasteiger partial charge in [0.05, 0.1) is 19.7 Å². The van der Waals surface area contributed by atoms with E-state index in [1.165, 1.54) is 21.7 Å². The van der Waals surface area contributed by atoms with Crippen LogP contribution in [0.5, 0.6) is 0 Å². The van der Waals surface area contributed by atoms with E-state index in [0.29, 0.717) is 0 Å². The molecule has 3 rings (SSSR count). The van der Waals surface area contributed by atoms with Gasteiger partial charge in [0.25, 0.3) is 5.82 Å². The second-order valence-electron chi connectivity index (χ2n) is 3.92. The predicted octanol–water partition coefficient (Wildman–Crippen LogP) is 2.73. The van der Waals surface area contributed by atoms with Crippen molar-refractivity contribution in [2.75, 3.05) is 0 Å². The number of thiophene rings is 1. The Labute approximate surface area is 98.4 Å². The van der Waals surface area contributed by atoms with Crippen molar-refractivity contribution < 1.29 is 4.57 Å². The van der Waals surface area contributed by atoms with Gasteiger partial charge in [0.2, 0.25) is 4.83 Å². The van der Waals surface area contributed by atoms with Crippen molar-refractivity contribution in [2.45, 2.75) is 0 Å². The van der Waals surface area contributed by atoms with Gasteiger partial charge in [-0.15, -0.1) is 0 Å². The van der Waals surface area contributed by atoms with Crippen LogP contribution in [-0.2, 0) is 14.1 Å². The number of benzene rings is 1. The molecule has 16 heavy (non-hydrogen) atoms. The molecule has 0 amide bonds. The molecule has 0 aliphatic heterocycles. The van der Waals surface area contributed by atoms with E-state index in [-0.39, 0.29) is 0 Å². The SMILES string of the molecule is Cn1c(-c2ccccc2)[n+](C)c2sccc21. The summed E-state index contributed by atoms with van der Waals surface area (Å²) in [5.74, 6) is 1.25. The highest BCUT2D eigenvalue weighted by Gasteiger charge is 2.21. The molecule has 0 saturated heterocycles. The van der Waals surface area contributed by atoms with Gasteiger partial charge in [-0.3, -0.25) is 0 Å². The van der Waals surface area contributed by atoms with Crippen molar-refractivity contribution in [3.05, 3.63) is 41.8 Å². The van der Waals surface area contributed by atoms with E-state index >= 15 is 0 Å². The molecule has 3 aromatic rings. The first-order chi connectivity index (χ1) is 7.79. The smallest absolute Gasteiger partial charge is 0.225 e. The number of rotatable bonds is 1. The average molecular weight is 229 g/mol. The number of aryl methyl sites for hydroxylation is 2. The predicted molar refractivity (Wildman–Crippen MR) is 67.4 cm³/mol. The minimum Gasteiger partial charge on any atom is -0.225 e. The molecule has 0 radical (unpaired) electrons. The lowest BCUT2D eigenvalue weighted by Gasteiger charge is -1.97. The number of nitrogens with zero attached hydrogens (tertiary/aromatic N) is 2. The van der Waals surface area contributed by atoms with E-state index < -0.39 is 0 Å². The maximum atomic E-state index is 2.26. The van der Waals surface area contributed by atoms with Gasteiger partial charge in [0.1, 0.15) is 0 Å². The Balaban J connectivity index is 2.36. The second kappa shape index (κ2) is 3.46. The maximum Gasteiger partial charge on any atom is 0.290 e. The molecule has 0 fully saturated rings. The molecule has 2 aromatic heterocycles. The minimum absolute atomic E-state index is 1.25. The Morgan fingerprint density at radius 2 is 1.88 bits per heavy atom. The zero-order valence-corrected chi connectivity index (χ0v) is 10.2. The third kappa shape index (κ3) is 1.21. The van der Waals surface area contributed by atoms with E-state index in [1.54, 1.807) is 11.3 Å². The Bertz CT molecular complexity index is 600. The molecule has 0 atom stereocenters. The largest absolute Gasteiger partial charge is 0.290 e. The topological polar surface area (TPSA) is 8.81 Å². The van der Waals surface area contributed by atoms with Crippen LogP contribution < -0.4 is 4.57 Å². The molecule has 2 heterocycles. The Hall–Kier alpha value is -1.61. The third-order valence-corrected chi connectivity index (χ3v) is 3.94. The van der Waals surface area contributed by atoms with Gasteiger partial charge in [-0.2, -0.15) is 0 Å². The van der Waals surface area contributed by atoms with Crippen LogP contribution in [0.2, 0.25) is 0 Å². The van der Waals surface area contributed by atoms with Crippen LogP contribution in [0.3, 0.4) is 0 Å². The summed E-state index contributed by atoms with van der Waals surface area (Å²) in [5, 5.41) is 2.14. The number of hydrogen-bond donors (Lipinski definition) is 0. The van der Waals surface area contributed by atoms with E-state index in [1.807, 2.05) is 0 Å². The van der Waals surface area contributed by atoms with E-state index in [2.05, 4.69) is 65.0 Å². The fourth-order valence-corrected chi connectivity index (χ4v) is 3.11. The number of aromatic nitrogens is 2. The molecule has 0 bridgehead atoms. The summed E-state index contributed by atoms with van der Waals surface area (Å²) in [6.45, 7) is 0. The van der Waals surface area contributed by atoms with E-state index in [9.17, 15) is 0 Å². The molecule has 0 saturated carbocycles. The molecule has 3 heteroatoms. The van der Waals surface area contributed by atoms with Gasteiger partial charge in [-0.1, -0.05) is 29.5 Å². The van der Waals surface area contributed by atoms with Crippen LogP contribution in [0.15, 0.2) is 41.8 Å². The molecular weight excluding hydrogens is 216 g/mol. The zero-order chi connectivity index (χ0) is 11.1. The summed E-state index contributed by atoms with van der Waals surface area (Å²) in [6, 6.07) is 12.7. The molecular formula is C13H13N2S+. The highest BCUT2D eigenvalue weighted by Crippen LogP contribution is 2.24. The third-order valence-electron chi connectivity index (χ3n) is 2.96. The summed E-state index contributed by atoms with van der Waals surface area (Å²) in [7, 11) is 4.25. The Morgan fingerprint density at radius 3 is 2.56 bits per heavy atom. The van der Waals surface area contributed by atoms with Gasteiger partial charge >= 0.3 is 0 Å². The molecule has 0 N–H and O–H groups in total. The summed E-state index contributed by atoms with van der Waals surface area (Å²) in [5.41, 5.74) is 2.56. The highest BCUT2D eigenvalue weighted by molar-refractivity contribution is 7.16. The lowest BCUT2D eigenvalue weighted by Crippen LogP contribution is -2.29. The Morgan fingerprint density at radius 1 is 1.12 bits per heavy atom. The first-order valence-corrected chi connectivity index (χ1v) is 6.14. The van der Waals surface area contributed by atoms with Crippen molar-refractivity contribution in [2.24, 2.45) is 14.1 Å². The lowest BCUT2D eigenvalue weighted by atomic mass is 10.2.